The van der Waals surface area contributed by atoms with Crippen LogP contribution in [-0.2, 0) is 6.42 Å². The van der Waals surface area contributed by atoms with Crippen molar-refractivity contribution in [3.63, 3.8) is 0 Å². The van der Waals surface area contributed by atoms with Crippen LogP contribution in [0.3, 0.4) is 0 Å². The summed E-state index contributed by atoms with van der Waals surface area (Å²) in [5.41, 5.74) is 9.46. The molecule has 24 heavy (non-hydrogen) atoms. The number of benzene rings is 2. The average molecular weight is 320 g/mol. The second-order valence-electron chi connectivity index (χ2n) is 5.40. The molecule has 0 aliphatic rings. The lowest BCUT2D eigenvalue weighted by Gasteiger charge is -2.08. The first-order chi connectivity index (χ1) is 11.7. The first-order valence-corrected chi connectivity index (χ1v) is 7.88. The van der Waals surface area contributed by atoms with Crippen molar-refractivity contribution in [2.24, 2.45) is 0 Å². The Morgan fingerprint density at radius 1 is 1.04 bits per heavy atom. The summed E-state index contributed by atoms with van der Waals surface area (Å²) < 4.78 is 5.54. The van der Waals surface area contributed by atoms with Crippen LogP contribution in [0.25, 0.3) is 0 Å². The quantitative estimate of drug-likeness (QED) is 0.676. The Kier molecular flexibility index (Phi) is 4.91. The molecule has 1 aromatic heterocycles. The van der Waals surface area contributed by atoms with Gasteiger partial charge in [-0.3, -0.25) is 0 Å². The predicted octanol–water partition coefficient (Wildman–Crippen LogP) is 3.79. The van der Waals surface area contributed by atoms with E-state index in [0.717, 1.165) is 40.6 Å². The molecule has 0 amide bonds. The van der Waals surface area contributed by atoms with Crippen LogP contribution >= 0.6 is 0 Å². The molecule has 1 heterocycles. The molecule has 5 nitrogen and oxygen atoms in total. The zero-order chi connectivity index (χ0) is 16.8. The number of rotatable bonds is 6. The summed E-state index contributed by atoms with van der Waals surface area (Å²) in [5.74, 6) is 1.63. The molecule has 0 fully saturated rings. The fourth-order valence-electron chi connectivity index (χ4n) is 2.40. The highest BCUT2D eigenvalue weighted by atomic mass is 16.5. The first kappa shape index (κ1) is 15.8. The van der Waals surface area contributed by atoms with Gasteiger partial charge in [0.05, 0.1) is 12.3 Å². The molecule has 122 valence electrons. The number of hydrogen-bond donors (Lipinski definition) is 2. The Bertz CT molecular complexity index is 802. The van der Waals surface area contributed by atoms with Gasteiger partial charge < -0.3 is 15.8 Å². The fourth-order valence-corrected chi connectivity index (χ4v) is 2.40. The van der Waals surface area contributed by atoms with Crippen LogP contribution in [0.5, 0.6) is 5.75 Å². The van der Waals surface area contributed by atoms with E-state index in [1.54, 1.807) is 6.33 Å². The van der Waals surface area contributed by atoms with E-state index < -0.39 is 0 Å². The van der Waals surface area contributed by atoms with Crippen molar-refractivity contribution in [2.45, 2.75) is 13.3 Å². The summed E-state index contributed by atoms with van der Waals surface area (Å²) in [7, 11) is 0. The molecule has 0 atom stereocenters. The molecular weight excluding hydrogens is 300 g/mol. The van der Waals surface area contributed by atoms with E-state index in [-0.39, 0.29) is 0 Å². The van der Waals surface area contributed by atoms with E-state index in [1.165, 1.54) is 0 Å². The highest BCUT2D eigenvalue weighted by Gasteiger charge is 2.03. The van der Waals surface area contributed by atoms with Crippen molar-refractivity contribution in [2.75, 3.05) is 17.7 Å². The largest absolute Gasteiger partial charge is 0.494 e. The number of nitrogen functional groups attached to an aromatic ring is 1. The zero-order valence-corrected chi connectivity index (χ0v) is 13.6. The molecule has 2 aromatic carbocycles. The summed E-state index contributed by atoms with van der Waals surface area (Å²) in [5, 5.41) is 3.26. The Morgan fingerprint density at radius 3 is 2.67 bits per heavy atom. The van der Waals surface area contributed by atoms with Gasteiger partial charge >= 0.3 is 0 Å². The van der Waals surface area contributed by atoms with E-state index in [1.807, 2.05) is 55.5 Å². The SMILES string of the molecule is CCOc1cccc(Cc2cc(Nc3ccc(N)cc3)ncn2)c1. The van der Waals surface area contributed by atoms with Crippen LogP contribution in [0, 0.1) is 0 Å². The maximum atomic E-state index is 5.70. The highest BCUT2D eigenvalue weighted by Crippen LogP contribution is 2.19. The van der Waals surface area contributed by atoms with Gasteiger partial charge in [-0.2, -0.15) is 0 Å². The van der Waals surface area contributed by atoms with Gasteiger partial charge in [0.15, 0.2) is 0 Å². The van der Waals surface area contributed by atoms with E-state index in [9.17, 15) is 0 Å². The van der Waals surface area contributed by atoms with Crippen LogP contribution in [0.4, 0.5) is 17.2 Å². The molecule has 3 N–H and O–H groups in total. The smallest absolute Gasteiger partial charge is 0.134 e. The fraction of sp³-hybridized carbons (Fsp3) is 0.158. The highest BCUT2D eigenvalue weighted by molar-refractivity contribution is 5.59. The maximum absolute atomic E-state index is 5.70. The van der Waals surface area contributed by atoms with Gasteiger partial charge in [0.1, 0.15) is 17.9 Å². The Morgan fingerprint density at radius 2 is 1.88 bits per heavy atom. The predicted molar refractivity (Wildman–Crippen MR) is 96.6 cm³/mol. The summed E-state index contributed by atoms with van der Waals surface area (Å²) in [6, 6.07) is 17.6. The van der Waals surface area contributed by atoms with Crippen molar-refractivity contribution in [3.05, 3.63) is 72.2 Å². The maximum Gasteiger partial charge on any atom is 0.134 e. The minimum absolute atomic E-state index is 0.659. The first-order valence-electron chi connectivity index (χ1n) is 7.88. The topological polar surface area (TPSA) is 73.1 Å². The third-order valence-corrected chi connectivity index (χ3v) is 3.50. The molecule has 0 radical (unpaired) electrons. The van der Waals surface area contributed by atoms with Crippen molar-refractivity contribution in [1.29, 1.82) is 0 Å². The summed E-state index contributed by atoms with van der Waals surface area (Å²) in [6.45, 7) is 2.64. The van der Waals surface area contributed by atoms with Crippen LogP contribution in [-0.4, -0.2) is 16.6 Å². The number of nitrogens with one attached hydrogen (secondary N) is 1. The summed E-state index contributed by atoms with van der Waals surface area (Å²) in [4.78, 5) is 8.62. The van der Waals surface area contributed by atoms with Crippen LogP contribution in [0.1, 0.15) is 18.2 Å². The number of hydrogen-bond acceptors (Lipinski definition) is 5. The average Bonchev–Trinajstić information content (AvgIpc) is 2.58. The number of anilines is 3. The molecule has 3 aromatic rings. The molecule has 3 rings (SSSR count). The van der Waals surface area contributed by atoms with Gasteiger partial charge in [-0.1, -0.05) is 12.1 Å². The van der Waals surface area contributed by atoms with Gasteiger partial charge in [-0.05, 0) is 48.9 Å². The molecular formula is C19H20N4O. The van der Waals surface area contributed by atoms with Crippen molar-refractivity contribution in [3.8, 4) is 5.75 Å². The minimum Gasteiger partial charge on any atom is -0.494 e. The van der Waals surface area contributed by atoms with Crippen molar-refractivity contribution in [1.82, 2.24) is 9.97 Å². The Hall–Kier alpha value is -3.08. The van der Waals surface area contributed by atoms with Crippen LogP contribution in [0.2, 0.25) is 0 Å². The monoisotopic (exact) mass is 320 g/mol. The van der Waals surface area contributed by atoms with Gasteiger partial charge in [0.2, 0.25) is 0 Å². The molecule has 0 bridgehead atoms. The van der Waals surface area contributed by atoms with Gasteiger partial charge in [0, 0.05) is 23.9 Å². The summed E-state index contributed by atoms with van der Waals surface area (Å²) in [6.07, 6.45) is 2.29. The molecule has 5 heteroatoms. The van der Waals surface area contributed by atoms with Crippen molar-refractivity contribution >= 4 is 17.2 Å². The normalized spacial score (nSPS) is 10.4. The molecule has 0 aliphatic carbocycles. The number of nitrogens with two attached hydrogens (primary N) is 1. The second-order valence-corrected chi connectivity index (χ2v) is 5.40. The number of ether oxygens (including phenoxy) is 1. The lowest BCUT2D eigenvalue weighted by molar-refractivity contribution is 0.340. The second kappa shape index (κ2) is 7.46. The minimum atomic E-state index is 0.659. The molecule has 0 spiro atoms. The van der Waals surface area contributed by atoms with E-state index >= 15 is 0 Å². The molecule has 0 unspecified atom stereocenters. The van der Waals surface area contributed by atoms with Gasteiger partial charge in [-0.25, -0.2) is 9.97 Å². The Balaban J connectivity index is 1.73. The number of nitrogens with zero attached hydrogens (tertiary/aromatic N) is 2. The van der Waals surface area contributed by atoms with E-state index in [0.29, 0.717) is 6.61 Å². The van der Waals surface area contributed by atoms with Crippen LogP contribution < -0.4 is 15.8 Å². The van der Waals surface area contributed by atoms with E-state index in [4.69, 9.17) is 10.5 Å². The molecule has 0 saturated heterocycles. The number of aromatic nitrogens is 2. The Labute approximate surface area is 141 Å². The lowest BCUT2D eigenvalue weighted by atomic mass is 10.1. The third-order valence-electron chi connectivity index (χ3n) is 3.50. The van der Waals surface area contributed by atoms with Gasteiger partial charge in [0.25, 0.3) is 0 Å². The third kappa shape index (κ3) is 4.23. The summed E-state index contributed by atoms with van der Waals surface area (Å²) >= 11 is 0. The van der Waals surface area contributed by atoms with Gasteiger partial charge in [-0.15, -0.1) is 0 Å². The molecule has 0 aliphatic heterocycles. The zero-order valence-electron chi connectivity index (χ0n) is 13.6. The van der Waals surface area contributed by atoms with Crippen LogP contribution in [0.15, 0.2) is 60.9 Å². The lowest BCUT2D eigenvalue weighted by Crippen LogP contribution is -1.99. The standard InChI is InChI=1S/C19H20N4O/c1-2-24-18-5-3-4-14(11-18)10-17-12-19(22-13-21-17)23-16-8-6-15(20)7-9-16/h3-9,11-13H,2,10,20H2,1H3,(H,21,22,23). The molecule has 0 saturated carbocycles. The van der Waals surface area contributed by atoms with E-state index in [2.05, 4.69) is 21.4 Å². The van der Waals surface area contributed by atoms with Crippen molar-refractivity contribution < 1.29 is 4.74 Å².